The first-order valence-corrected chi connectivity index (χ1v) is 11.0. The van der Waals surface area contributed by atoms with Crippen LogP contribution in [0.1, 0.15) is 24.7 Å². The molecule has 1 saturated heterocycles. The van der Waals surface area contributed by atoms with Crippen molar-refractivity contribution in [2.45, 2.75) is 30.8 Å². The highest BCUT2D eigenvalue weighted by Gasteiger charge is 2.36. The molecule has 154 valence electrons. The molecule has 0 aliphatic carbocycles. The van der Waals surface area contributed by atoms with E-state index in [0.29, 0.717) is 38.7 Å². The highest BCUT2D eigenvalue weighted by molar-refractivity contribution is 7.89. The zero-order valence-corrected chi connectivity index (χ0v) is 16.7. The van der Waals surface area contributed by atoms with E-state index >= 15 is 0 Å². The number of halogens is 3. The molecule has 1 aromatic heterocycles. The summed E-state index contributed by atoms with van der Waals surface area (Å²) >= 11 is 1.28. The van der Waals surface area contributed by atoms with Gasteiger partial charge >= 0.3 is 6.18 Å². The first kappa shape index (κ1) is 20.8. The van der Waals surface area contributed by atoms with E-state index in [1.807, 2.05) is 11.8 Å². The normalized spacial score (nSPS) is 16.3. The summed E-state index contributed by atoms with van der Waals surface area (Å²) in [6.45, 7) is 3.87. The Balaban J connectivity index is 1.87. The molecule has 2 aromatic rings. The number of sulfonamides is 1. The van der Waals surface area contributed by atoms with Crippen LogP contribution in [0, 0.1) is 0 Å². The summed E-state index contributed by atoms with van der Waals surface area (Å²) < 4.78 is 67.9. The summed E-state index contributed by atoms with van der Waals surface area (Å²) in [5.74, 6) is 0.749. The van der Waals surface area contributed by atoms with E-state index in [-0.39, 0.29) is 5.69 Å². The highest BCUT2D eigenvalue weighted by Crippen LogP contribution is 2.38. The number of hydrogen-bond acceptors (Lipinski definition) is 7. The van der Waals surface area contributed by atoms with Crippen LogP contribution in [0.4, 0.5) is 24.0 Å². The maximum Gasteiger partial charge on any atom is 0.418 e. The number of hydrogen-bond donors (Lipinski definition) is 1. The van der Waals surface area contributed by atoms with Crippen LogP contribution in [-0.2, 0) is 22.6 Å². The lowest BCUT2D eigenvalue weighted by Crippen LogP contribution is -2.32. The molecule has 1 aliphatic rings. The SMILES string of the molecule is CCc1nsc(N2CCCN(c3ccc(S(N)(=O)=O)cc3C(F)(F)F)CC2)n1. The Morgan fingerprint density at radius 2 is 1.86 bits per heavy atom. The number of nitrogens with two attached hydrogens (primary N) is 1. The molecule has 1 fully saturated rings. The fourth-order valence-corrected chi connectivity index (χ4v) is 4.40. The van der Waals surface area contributed by atoms with Crippen molar-refractivity contribution in [1.29, 1.82) is 0 Å². The van der Waals surface area contributed by atoms with Crippen LogP contribution in [0.2, 0.25) is 0 Å². The molecule has 0 saturated carbocycles. The third-order valence-corrected chi connectivity index (χ3v) is 6.21. The maximum absolute atomic E-state index is 13.6. The summed E-state index contributed by atoms with van der Waals surface area (Å²) in [7, 11) is -4.23. The van der Waals surface area contributed by atoms with Gasteiger partial charge in [-0.1, -0.05) is 6.92 Å². The van der Waals surface area contributed by atoms with Crippen molar-refractivity contribution >= 4 is 32.4 Å². The molecule has 2 N–H and O–H groups in total. The molecule has 1 aliphatic heterocycles. The lowest BCUT2D eigenvalue weighted by molar-refractivity contribution is -0.137. The second-order valence-corrected chi connectivity index (χ2v) is 8.69. The van der Waals surface area contributed by atoms with Gasteiger partial charge in [-0.05, 0) is 24.6 Å². The van der Waals surface area contributed by atoms with Crippen LogP contribution in [0.15, 0.2) is 23.1 Å². The van der Waals surface area contributed by atoms with Gasteiger partial charge in [0.05, 0.1) is 10.5 Å². The summed E-state index contributed by atoms with van der Waals surface area (Å²) in [5.41, 5.74) is -1.05. The van der Waals surface area contributed by atoms with Crippen LogP contribution in [0.25, 0.3) is 0 Å². The highest BCUT2D eigenvalue weighted by atomic mass is 32.2. The maximum atomic E-state index is 13.6. The summed E-state index contributed by atoms with van der Waals surface area (Å²) in [6.07, 6.45) is -3.34. The summed E-state index contributed by atoms with van der Waals surface area (Å²) in [5, 5.41) is 5.75. The van der Waals surface area contributed by atoms with Crippen molar-refractivity contribution < 1.29 is 21.6 Å². The molecule has 3 rings (SSSR count). The molecule has 0 amide bonds. The molecule has 7 nitrogen and oxygen atoms in total. The van der Waals surface area contributed by atoms with Crippen molar-refractivity contribution in [3.05, 3.63) is 29.6 Å². The monoisotopic (exact) mass is 435 g/mol. The van der Waals surface area contributed by atoms with Gasteiger partial charge in [0.15, 0.2) is 0 Å². The quantitative estimate of drug-likeness (QED) is 0.793. The minimum atomic E-state index is -4.70. The van der Waals surface area contributed by atoms with Gasteiger partial charge in [0.2, 0.25) is 15.2 Å². The number of primary sulfonamides is 1. The molecule has 0 bridgehead atoms. The van der Waals surface area contributed by atoms with E-state index in [2.05, 4.69) is 9.36 Å². The Morgan fingerprint density at radius 3 is 2.46 bits per heavy atom. The van der Waals surface area contributed by atoms with Crippen LogP contribution >= 0.6 is 11.5 Å². The van der Waals surface area contributed by atoms with E-state index in [9.17, 15) is 21.6 Å². The molecule has 0 unspecified atom stereocenters. The van der Waals surface area contributed by atoms with Gasteiger partial charge in [-0.15, -0.1) is 0 Å². The smallest absolute Gasteiger partial charge is 0.369 e. The van der Waals surface area contributed by atoms with Gasteiger partial charge in [0, 0.05) is 49.8 Å². The first-order valence-electron chi connectivity index (χ1n) is 8.66. The predicted octanol–water partition coefficient (Wildman–Crippen LogP) is 2.48. The van der Waals surface area contributed by atoms with Crippen molar-refractivity contribution in [3.63, 3.8) is 0 Å². The van der Waals surface area contributed by atoms with Gasteiger partial charge in [-0.3, -0.25) is 0 Å². The Bertz CT molecular complexity index is 946. The van der Waals surface area contributed by atoms with Crippen LogP contribution < -0.4 is 14.9 Å². The molecule has 0 atom stereocenters. The van der Waals surface area contributed by atoms with E-state index in [4.69, 9.17) is 5.14 Å². The van der Waals surface area contributed by atoms with E-state index < -0.39 is 26.7 Å². The van der Waals surface area contributed by atoms with Crippen molar-refractivity contribution in [2.24, 2.45) is 5.14 Å². The van der Waals surface area contributed by atoms with E-state index in [1.54, 1.807) is 4.90 Å². The fraction of sp³-hybridized carbons (Fsp3) is 0.500. The fourth-order valence-electron chi connectivity index (χ4n) is 3.06. The minimum Gasteiger partial charge on any atom is -0.369 e. The topological polar surface area (TPSA) is 92.4 Å². The lowest BCUT2D eigenvalue weighted by Gasteiger charge is -2.27. The largest absolute Gasteiger partial charge is 0.418 e. The Hall–Kier alpha value is -1.92. The lowest BCUT2D eigenvalue weighted by atomic mass is 10.1. The number of aromatic nitrogens is 2. The van der Waals surface area contributed by atoms with Crippen LogP contribution in [0.3, 0.4) is 0 Å². The number of nitrogens with zero attached hydrogens (tertiary/aromatic N) is 4. The average molecular weight is 435 g/mol. The third-order valence-electron chi connectivity index (χ3n) is 4.48. The Labute approximate surface area is 165 Å². The van der Waals surface area contributed by atoms with Gasteiger partial charge in [0.1, 0.15) is 5.82 Å². The number of alkyl halides is 3. The molecular formula is C16H20F3N5O2S2. The zero-order valence-electron chi connectivity index (χ0n) is 15.1. The molecular weight excluding hydrogens is 415 g/mol. The predicted molar refractivity (Wildman–Crippen MR) is 101 cm³/mol. The molecule has 12 heteroatoms. The average Bonchev–Trinajstić information content (AvgIpc) is 2.97. The second kappa shape index (κ2) is 7.84. The molecule has 28 heavy (non-hydrogen) atoms. The zero-order chi connectivity index (χ0) is 20.5. The van der Waals surface area contributed by atoms with Crippen LogP contribution in [-0.4, -0.2) is 44.0 Å². The molecule has 2 heterocycles. The van der Waals surface area contributed by atoms with E-state index in [0.717, 1.165) is 23.4 Å². The first-order chi connectivity index (χ1) is 13.1. The Morgan fingerprint density at radius 1 is 1.18 bits per heavy atom. The molecule has 1 aromatic carbocycles. The third kappa shape index (κ3) is 4.55. The van der Waals surface area contributed by atoms with E-state index in [1.165, 1.54) is 17.6 Å². The van der Waals surface area contributed by atoms with Crippen molar-refractivity contribution in [3.8, 4) is 0 Å². The van der Waals surface area contributed by atoms with Gasteiger partial charge < -0.3 is 9.80 Å². The van der Waals surface area contributed by atoms with Gasteiger partial charge in [0.25, 0.3) is 0 Å². The van der Waals surface area contributed by atoms with Crippen molar-refractivity contribution in [2.75, 3.05) is 36.0 Å². The summed E-state index contributed by atoms with van der Waals surface area (Å²) in [4.78, 5) is 7.53. The number of benzene rings is 1. The minimum absolute atomic E-state index is 0.0479. The van der Waals surface area contributed by atoms with Crippen molar-refractivity contribution in [1.82, 2.24) is 9.36 Å². The second-order valence-electron chi connectivity index (χ2n) is 6.40. The number of rotatable bonds is 4. The standard InChI is InChI=1S/C16H20F3N5O2S2/c1-2-14-21-15(27-22-14)24-7-3-6-23(8-9-24)13-5-4-11(28(20,25)26)10-12(13)16(17,18)19/h4-5,10H,2-3,6-9H2,1H3,(H2,20,25,26). The van der Waals surface area contributed by atoms with Crippen LogP contribution in [0.5, 0.6) is 0 Å². The Kier molecular flexibility index (Phi) is 5.82. The van der Waals surface area contributed by atoms with Gasteiger partial charge in [-0.2, -0.15) is 17.5 Å². The summed E-state index contributed by atoms with van der Waals surface area (Å²) in [6, 6.07) is 2.89. The number of aryl methyl sites for hydroxylation is 1. The van der Waals surface area contributed by atoms with Gasteiger partial charge in [-0.25, -0.2) is 18.5 Å². The number of anilines is 2. The molecule has 0 spiro atoms. The molecule has 0 radical (unpaired) electrons.